The van der Waals surface area contributed by atoms with Gasteiger partial charge in [0.25, 0.3) is 0 Å². The Labute approximate surface area is 224 Å². The SMILES string of the molecule is C=C(CCCN)NCC(=C)N1CCCC1C.C=CNCc1ccc(-c2scnc2C)cc1.CC(C)C. The van der Waals surface area contributed by atoms with E-state index in [-0.39, 0.29) is 0 Å². The number of nitrogens with one attached hydrogen (secondary N) is 2. The van der Waals surface area contributed by atoms with Crippen molar-refractivity contribution in [2.75, 3.05) is 19.6 Å². The Hall–Kier alpha value is -2.57. The summed E-state index contributed by atoms with van der Waals surface area (Å²) in [5.74, 6) is 0.833. The summed E-state index contributed by atoms with van der Waals surface area (Å²) in [6, 6.07) is 9.18. The van der Waals surface area contributed by atoms with Crippen molar-refractivity contribution in [2.45, 2.75) is 72.9 Å². The lowest BCUT2D eigenvalue weighted by Gasteiger charge is -2.26. The van der Waals surface area contributed by atoms with Crippen LogP contribution in [0, 0.1) is 12.8 Å². The molecule has 1 atom stereocenters. The van der Waals surface area contributed by atoms with Gasteiger partial charge in [-0.1, -0.05) is 64.8 Å². The molecule has 0 radical (unpaired) electrons. The number of nitrogens with zero attached hydrogens (tertiary/aromatic N) is 2. The summed E-state index contributed by atoms with van der Waals surface area (Å²) < 4.78 is 0. The van der Waals surface area contributed by atoms with E-state index in [4.69, 9.17) is 5.73 Å². The first-order valence-corrected chi connectivity index (χ1v) is 14.0. The number of hydrogen-bond donors (Lipinski definition) is 3. The van der Waals surface area contributed by atoms with Crippen molar-refractivity contribution in [3.8, 4) is 10.4 Å². The average Bonchev–Trinajstić information content (AvgIpc) is 3.48. The van der Waals surface area contributed by atoms with Gasteiger partial charge in [0, 0.05) is 30.5 Å². The molecular weight excluding hydrogens is 462 g/mol. The number of hydrogen-bond acceptors (Lipinski definition) is 6. The van der Waals surface area contributed by atoms with Gasteiger partial charge < -0.3 is 21.3 Å². The zero-order chi connectivity index (χ0) is 26.9. The minimum atomic E-state index is 0.645. The molecule has 3 rings (SSSR count). The predicted octanol–water partition coefficient (Wildman–Crippen LogP) is 6.84. The number of thiazole rings is 1. The van der Waals surface area contributed by atoms with Gasteiger partial charge in [-0.05, 0) is 69.3 Å². The Morgan fingerprint density at radius 3 is 2.42 bits per heavy atom. The van der Waals surface area contributed by atoms with E-state index in [0.717, 1.165) is 56.3 Å². The maximum atomic E-state index is 5.46. The molecule has 0 amide bonds. The second-order valence-electron chi connectivity index (χ2n) is 9.88. The van der Waals surface area contributed by atoms with Crippen molar-refractivity contribution in [1.29, 1.82) is 0 Å². The summed E-state index contributed by atoms with van der Waals surface area (Å²) in [4.78, 5) is 7.90. The summed E-state index contributed by atoms with van der Waals surface area (Å²) in [5.41, 5.74) is 13.2. The lowest BCUT2D eigenvalue weighted by atomic mass is 10.1. The van der Waals surface area contributed by atoms with Crippen molar-refractivity contribution in [1.82, 2.24) is 20.5 Å². The molecule has 0 aliphatic carbocycles. The van der Waals surface area contributed by atoms with E-state index in [1.165, 1.54) is 34.5 Å². The molecule has 4 N–H and O–H groups in total. The Morgan fingerprint density at radius 1 is 1.25 bits per heavy atom. The van der Waals surface area contributed by atoms with Gasteiger partial charge in [0.05, 0.1) is 22.6 Å². The Balaban J connectivity index is 0.000000314. The maximum Gasteiger partial charge on any atom is 0.0801 e. The van der Waals surface area contributed by atoms with Crippen LogP contribution in [0.25, 0.3) is 10.4 Å². The van der Waals surface area contributed by atoms with E-state index < -0.39 is 0 Å². The highest BCUT2D eigenvalue weighted by atomic mass is 32.1. The molecule has 36 heavy (non-hydrogen) atoms. The summed E-state index contributed by atoms with van der Waals surface area (Å²) in [5, 5.41) is 6.41. The van der Waals surface area contributed by atoms with Crippen LogP contribution in [0.5, 0.6) is 0 Å². The first-order chi connectivity index (χ1) is 17.2. The molecule has 1 aliphatic rings. The molecule has 1 saturated heterocycles. The van der Waals surface area contributed by atoms with Crippen LogP contribution in [0.15, 0.2) is 67.1 Å². The van der Waals surface area contributed by atoms with Crippen molar-refractivity contribution >= 4 is 11.3 Å². The molecule has 0 spiro atoms. The zero-order valence-electron chi connectivity index (χ0n) is 23.3. The molecule has 6 heteroatoms. The highest BCUT2D eigenvalue weighted by molar-refractivity contribution is 7.13. The smallest absolute Gasteiger partial charge is 0.0801 e. The zero-order valence-corrected chi connectivity index (χ0v) is 24.1. The number of allylic oxidation sites excluding steroid dienone is 1. The van der Waals surface area contributed by atoms with Gasteiger partial charge in [0.15, 0.2) is 0 Å². The van der Waals surface area contributed by atoms with Crippen LogP contribution < -0.4 is 16.4 Å². The highest BCUT2D eigenvalue weighted by Crippen LogP contribution is 2.27. The Bertz CT molecular complexity index is 898. The second-order valence-corrected chi connectivity index (χ2v) is 10.7. The fourth-order valence-electron chi connectivity index (χ4n) is 3.68. The normalized spacial score (nSPS) is 14.3. The van der Waals surface area contributed by atoms with Gasteiger partial charge >= 0.3 is 0 Å². The van der Waals surface area contributed by atoms with E-state index in [1.807, 2.05) is 12.4 Å². The molecule has 0 saturated carbocycles. The van der Waals surface area contributed by atoms with Gasteiger partial charge in [-0.25, -0.2) is 4.98 Å². The number of benzene rings is 1. The van der Waals surface area contributed by atoms with Crippen molar-refractivity contribution in [2.24, 2.45) is 11.7 Å². The summed E-state index contributed by atoms with van der Waals surface area (Å²) in [6.07, 6.45) is 6.24. The van der Waals surface area contributed by atoms with Crippen LogP contribution in [-0.2, 0) is 6.54 Å². The Kier molecular flexibility index (Phi) is 15.6. The van der Waals surface area contributed by atoms with Crippen molar-refractivity contribution < 1.29 is 0 Å². The van der Waals surface area contributed by atoms with Crippen LogP contribution in [0.1, 0.15) is 64.6 Å². The molecule has 200 valence electrons. The Morgan fingerprint density at radius 2 is 1.92 bits per heavy atom. The fraction of sp³-hybridized carbons (Fsp3) is 0.500. The third kappa shape index (κ3) is 12.4. The molecule has 1 unspecified atom stereocenters. The minimum Gasteiger partial charge on any atom is -0.387 e. The van der Waals surface area contributed by atoms with Crippen LogP contribution in [-0.4, -0.2) is 35.6 Å². The maximum absolute atomic E-state index is 5.46. The largest absolute Gasteiger partial charge is 0.387 e. The second kappa shape index (κ2) is 17.8. The molecule has 1 fully saturated rings. The number of rotatable bonds is 11. The molecule has 1 aromatic carbocycles. The minimum absolute atomic E-state index is 0.645. The number of likely N-dealkylation sites (tertiary alicyclic amines) is 1. The van der Waals surface area contributed by atoms with E-state index >= 15 is 0 Å². The molecule has 1 aliphatic heterocycles. The van der Waals surface area contributed by atoms with Gasteiger partial charge in [-0.2, -0.15) is 0 Å². The molecular formula is C30H49N5S. The monoisotopic (exact) mass is 511 g/mol. The lowest BCUT2D eigenvalue weighted by molar-refractivity contribution is 0.332. The number of aryl methyl sites for hydroxylation is 1. The third-order valence-electron chi connectivity index (χ3n) is 5.60. The summed E-state index contributed by atoms with van der Waals surface area (Å²) in [6.45, 7) is 26.1. The van der Waals surface area contributed by atoms with E-state index in [9.17, 15) is 0 Å². The molecule has 1 aromatic heterocycles. The molecule has 2 aromatic rings. The van der Waals surface area contributed by atoms with Crippen LogP contribution in [0.2, 0.25) is 0 Å². The van der Waals surface area contributed by atoms with Crippen LogP contribution >= 0.6 is 11.3 Å². The molecule has 5 nitrogen and oxygen atoms in total. The van der Waals surface area contributed by atoms with Crippen LogP contribution in [0.4, 0.5) is 0 Å². The van der Waals surface area contributed by atoms with Gasteiger partial charge in [0.2, 0.25) is 0 Å². The van der Waals surface area contributed by atoms with E-state index in [0.29, 0.717) is 6.04 Å². The van der Waals surface area contributed by atoms with E-state index in [1.54, 1.807) is 17.5 Å². The first-order valence-electron chi connectivity index (χ1n) is 13.1. The lowest BCUT2D eigenvalue weighted by Crippen LogP contribution is -2.31. The van der Waals surface area contributed by atoms with Gasteiger partial charge in [0.1, 0.15) is 0 Å². The number of nitrogens with two attached hydrogens (primary N) is 1. The summed E-state index contributed by atoms with van der Waals surface area (Å²) in [7, 11) is 0. The predicted molar refractivity (Wildman–Crippen MR) is 160 cm³/mol. The first kappa shape index (κ1) is 31.5. The highest BCUT2D eigenvalue weighted by Gasteiger charge is 2.20. The van der Waals surface area contributed by atoms with Crippen molar-refractivity contribution in [3.63, 3.8) is 0 Å². The molecule has 0 bridgehead atoms. The average molecular weight is 512 g/mol. The quantitative estimate of drug-likeness (QED) is 0.308. The third-order valence-corrected chi connectivity index (χ3v) is 6.57. The standard InChI is InChI=1S/C13H25N3.C13H14N2S.C4H10/c1-11(6-4-8-14)15-10-13(3)16-9-5-7-12(16)2;1-3-14-8-11-4-6-12(7-5-11)13-10(2)15-9-16-13;1-4(2)3/h12,15H,1,3-10,14H2,2H3;3-7,9,14H,1,8H2,2H3;4H,1-3H3. The summed E-state index contributed by atoms with van der Waals surface area (Å²) >= 11 is 1.68. The van der Waals surface area contributed by atoms with Crippen LogP contribution in [0.3, 0.4) is 0 Å². The number of aromatic nitrogens is 1. The molecule has 2 heterocycles. The fourth-order valence-corrected chi connectivity index (χ4v) is 4.49. The van der Waals surface area contributed by atoms with Crippen molar-refractivity contribution in [3.05, 3.63) is 78.4 Å². The topological polar surface area (TPSA) is 66.2 Å². The van der Waals surface area contributed by atoms with Gasteiger partial charge in [-0.15, -0.1) is 11.3 Å². The van der Waals surface area contributed by atoms with E-state index in [2.05, 4.69) is 92.2 Å². The van der Waals surface area contributed by atoms with Gasteiger partial charge in [-0.3, -0.25) is 0 Å².